The molecule has 0 saturated heterocycles. The number of nitrogens with one attached hydrogen (secondary N) is 1. The molecule has 5 heteroatoms. The fourth-order valence-electron chi connectivity index (χ4n) is 0. The molecule has 0 bridgehead atoms. The number of rotatable bonds is 1. The van der Waals surface area contributed by atoms with Gasteiger partial charge in [-0.1, -0.05) is 0 Å². The standard InChI is InChI=1S/CH8NO3P/c1-2-6(3,4)5/h2-6H,1H3. The van der Waals surface area contributed by atoms with Gasteiger partial charge in [-0.3, -0.25) is 0 Å². The summed E-state index contributed by atoms with van der Waals surface area (Å²) >= 11 is 0. The molecule has 0 aliphatic rings. The van der Waals surface area contributed by atoms with E-state index >= 15 is 0 Å². The molecular weight excluding hydrogens is 105 g/mol. The van der Waals surface area contributed by atoms with Crippen molar-refractivity contribution in [3.05, 3.63) is 0 Å². The molecule has 0 atom stereocenters. The summed E-state index contributed by atoms with van der Waals surface area (Å²) in [4.78, 5) is 23.9. The summed E-state index contributed by atoms with van der Waals surface area (Å²) in [6.07, 6.45) is 0. The van der Waals surface area contributed by atoms with Crippen molar-refractivity contribution in [3.63, 3.8) is 0 Å². The van der Waals surface area contributed by atoms with Gasteiger partial charge in [0, 0.05) is 0 Å². The minimum atomic E-state index is -3.88. The molecule has 0 rings (SSSR count). The van der Waals surface area contributed by atoms with Crippen molar-refractivity contribution in [1.29, 1.82) is 0 Å². The van der Waals surface area contributed by atoms with E-state index in [2.05, 4.69) is 0 Å². The first-order valence-electron chi connectivity index (χ1n) is 1.42. The second-order valence-electron chi connectivity index (χ2n) is 0.885. The predicted octanol–water partition coefficient (Wildman–Crippen LogP) is -1.41. The molecule has 4 N–H and O–H groups in total. The van der Waals surface area contributed by atoms with Gasteiger partial charge < -0.3 is 0 Å². The van der Waals surface area contributed by atoms with E-state index in [4.69, 9.17) is 14.7 Å². The first-order valence-corrected chi connectivity index (χ1v) is 3.26. The van der Waals surface area contributed by atoms with E-state index in [0.717, 1.165) is 0 Å². The molecule has 40 valence electrons. The normalized spacial score (nSPS) is 14.7. The van der Waals surface area contributed by atoms with Crippen LogP contribution in [-0.4, -0.2) is 21.7 Å². The van der Waals surface area contributed by atoms with Crippen LogP contribution in [0, 0.1) is 0 Å². The molecule has 0 unspecified atom stereocenters. The van der Waals surface area contributed by atoms with Gasteiger partial charge in [-0.05, 0) is 0 Å². The third-order valence-electron chi connectivity index (χ3n) is 0.335. The van der Waals surface area contributed by atoms with Crippen LogP contribution >= 0.6 is 8.09 Å². The van der Waals surface area contributed by atoms with Gasteiger partial charge in [-0.25, -0.2) is 0 Å². The second kappa shape index (κ2) is 1.82. The SMILES string of the molecule is CN[PH](O)(O)O. The summed E-state index contributed by atoms with van der Waals surface area (Å²) in [5.41, 5.74) is 0. The fourth-order valence-corrected chi connectivity index (χ4v) is 0. The maximum atomic E-state index is 7.97. The zero-order valence-corrected chi connectivity index (χ0v) is 4.34. The van der Waals surface area contributed by atoms with Crippen LogP contribution in [0.15, 0.2) is 0 Å². The summed E-state index contributed by atoms with van der Waals surface area (Å²) < 4.78 is 0. The maximum absolute atomic E-state index is 7.97. The zero-order chi connectivity index (χ0) is 5.21. The minimum absolute atomic E-state index is 1.27. The Kier molecular flexibility index (Phi) is 1.90. The van der Waals surface area contributed by atoms with Gasteiger partial charge in [0.25, 0.3) is 0 Å². The van der Waals surface area contributed by atoms with Crippen LogP contribution < -0.4 is 5.09 Å². The van der Waals surface area contributed by atoms with Crippen molar-refractivity contribution in [2.45, 2.75) is 0 Å². The Hall–Kier alpha value is 0.270. The van der Waals surface area contributed by atoms with E-state index in [-0.39, 0.29) is 0 Å². The number of hydrogen-bond acceptors (Lipinski definition) is 4. The van der Waals surface area contributed by atoms with Gasteiger partial charge in [0.05, 0.1) is 0 Å². The van der Waals surface area contributed by atoms with Crippen LogP contribution in [0.2, 0.25) is 0 Å². The topological polar surface area (TPSA) is 72.7 Å². The van der Waals surface area contributed by atoms with E-state index in [1.807, 2.05) is 5.09 Å². The average molecular weight is 113 g/mol. The van der Waals surface area contributed by atoms with Crippen LogP contribution in [0.1, 0.15) is 0 Å². The van der Waals surface area contributed by atoms with Crippen molar-refractivity contribution in [3.8, 4) is 0 Å². The van der Waals surface area contributed by atoms with E-state index in [1.54, 1.807) is 0 Å². The molecule has 0 saturated carbocycles. The Labute approximate surface area is 36.1 Å². The molecule has 0 aliphatic carbocycles. The first kappa shape index (κ1) is 6.27. The summed E-state index contributed by atoms with van der Waals surface area (Å²) in [5, 5.41) is 1.91. The Morgan fingerprint density at radius 1 is 1.33 bits per heavy atom. The molecule has 0 amide bonds. The van der Waals surface area contributed by atoms with E-state index < -0.39 is 8.09 Å². The van der Waals surface area contributed by atoms with Crippen LogP contribution in [0.4, 0.5) is 0 Å². The molecule has 0 aliphatic heterocycles. The van der Waals surface area contributed by atoms with Crippen LogP contribution in [0.5, 0.6) is 0 Å². The molecular formula is CH8NO3P. The van der Waals surface area contributed by atoms with E-state index in [1.165, 1.54) is 7.05 Å². The van der Waals surface area contributed by atoms with Gasteiger partial charge in [0.2, 0.25) is 0 Å². The molecule has 0 heterocycles. The van der Waals surface area contributed by atoms with Crippen LogP contribution in [0.3, 0.4) is 0 Å². The second-order valence-corrected chi connectivity index (χ2v) is 2.66. The number of hydrogen-bond donors (Lipinski definition) is 4. The third-order valence-corrected chi connectivity index (χ3v) is 1.01. The van der Waals surface area contributed by atoms with E-state index in [9.17, 15) is 0 Å². The predicted molar refractivity (Wildman–Crippen MR) is 24.0 cm³/mol. The van der Waals surface area contributed by atoms with Crippen molar-refractivity contribution in [2.75, 3.05) is 7.05 Å². The molecule has 0 aromatic carbocycles. The summed E-state index contributed by atoms with van der Waals surface area (Å²) in [5.74, 6) is 0. The van der Waals surface area contributed by atoms with Gasteiger partial charge in [-0.15, -0.1) is 0 Å². The van der Waals surface area contributed by atoms with Gasteiger partial charge in [0.15, 0.2) is 0 Å². The van der Waals surface area contributed by atoms with Crippen molar-refractivity contribution >= 4 is 8.09 Å². The summed E-state index contributed by atoms with van der Waals surface area (Å²) in [7, 11) is -2.61. The Morgan fingerprint density at radius 3 is 1.50 bits per heavy atom. The summed E-state index contributed by atoms with van der Waals surface area (Å²) in [6, 6.07) is 0. The van der Waals surface area contributed by atoms with Crippen molar-refractivity contribution in [2.24, 2.45) is 0 Å². The monoisotopic (exact) mass is 113 g/mol. The van der Waals surface area contributed by atoms with Crippen LogP contribution in [-0.2, 0) is 0 Å². The zero-order valence-electron chi connectivity index (χ0n) is 3.34. The molecule has 0 spiro atoms. The molecule has 0 fully saturated rings. The van der Waals surface area contributed by atoms with Gasteiger partial charge in [0.1, 0.15) is 0 Å². The first-order chi connectivity index (χ1) is 2.56. The summed E-state index contributed by atoms with van der Waals surface area (Å²) in [6.45, 7) is 0. The Balaban J connectivity index is 3.17. The van der Waals surface area contributed by atoms with Gasteiger partial charge in [-0.2, -0.15) is 0 Å². The van der Waals surface area contributed by atoms with Crippen molar-refractivity contribution in [1.82, 2.24) is 5.09 Å². The van der Waals surface area contributed by atoms with Gasteiger partial charge >= 0.3 is 34.9 Å². The average Bonchev–Trinajstić information content (AvgIpc) is 1.35. The van der Waals surface area contributed by atoms with Crippen molar-refractivity contribution < 1.29 is 14.7 Å². The van der Waals surface area contributed by atoms with Crippen LogP contribution in [0.25, 0.3) is 0 Å². The van der Waals surface area contributed by atoms with E-state index in [0.29, 0.717) is 0 Å². The molecule has 6 heavy (non-hydrogen) atoms. The molecule has 0 aromatic rings. The molecule has 0 radical (unpaired) electrons. The Morgan fingerprint density at radius 2 is 1.50 bits per heavy atom. The quantitative estimate of drug-likeness (QED) is 0.315. The fraction of sp³-hybridized carbons (Fsp3) is 1.00. The third kappa shape index (κ3) is 4.27. The Bertz CT molecular complexity index is 40.5. The molecule has 4 nitrogen and oxygen atoms in total. The molecule has 0 aromatic heterocycles.